The van der Waals surface area contributed by atoms with Crippen molar-refractivity contribution in [2.24, 2.45) is 5.92 Å². The zero-order valence-electron chi connectivity index (χ0n) is 12.7. The van der Waals surface area contributed by atoms with Gasteiger partial charge in [0.2, 0.25) is 5.91 Å². The highest BCUT2D eigenvalue weighted by molar-refractivity contribution is 5.80. The number of ether oxygens (including phenoxy) is 1. The number of hydrogen-bond donors (Lipinski definition) is 2. The van der Waals surface area contributed by atoms with E-state index in [0.717, 1.165) is 38.2 Å². The van der Waals surface area contributed by atoms with Crippen LogP contribution in [0.15, 0.2) is 24.3 Å². The minimum absolute atomic E-state index is 0.0411. The van der Waals surface area contributed by atoms with Crippen molar-refractivity contribution in [3.05, 3.63) is 29.8 Å². The molecule has 0 aromatic heterocycles. The molecule has 4 nitrogen and oxygen atoms in total. The van der Waals surface area contributed by atoms with Gasteiger partial charge in [-0.3, -0.25) is 4.79 Å². The molecule has 3 rings (SSSR count). The van der Waals surface area contributed by atoms with Crippen molar-refractivity contribution in [1.29, 1.82) is 0 Å². The van der Waals surface area contributed by atoms with Crippen molar-refractivity contribution >= 4 is 5.91 Å². The molecule has 0 radical (unpaired) electrons. The molecule has 2 aliphatic rings. The summed E-state index contributed by atoms with van der Waals surface area (Å²) in [5.74, 6) is 1.29. The van der Waals surface area contributed by atoms with Gasteiger partial charge >= 0.3 is 0 Å². The Morgan fingerprint density at radius 3 is 2.67 bits per heavy atom. The summed E-state index contributed by atoms with van der Waals surface area (Å²) in [6.07, 6.45) is 4.69. The van der Waals surface area contributed by atoms with Gasteiger partial charge in [0.05, 0.1) is 13.0 Å². The molecule has 0 atom stereocenters. The molecule has 114 valence electrons. The predicted octanol–water partition coefficient (Wildman–Crippen LogP) is 1.84. The van der Waals surface area contributed by atoms with E-state index in [4.69, 9.17) is 4.74 Å². The normalized spacial score (nSPS) is 20.8. The van der Waals surface area contributed by atoms with Gasteiger partial charge in [-0.25, -0.2) is 0 Å². The molecule has 0 unspecified atom stereocenters. The minimum Gasteiger partial charge on any atom is -0.496 e. The summed E-state index contributed by atoms with van der Waals surface area (Å²) in [5, 5.41) is 6.33. The van der Waals surface area contributed by atoms with Crippen molar-refractivity contribution in [3.63, 3.8) is 0 Å². The Labute approximate surface area is 126 Å². The van der Waals surface area contributed by atoms with E-state index in [1.807, 2.05) is 12.1 Å². The van der Waals surface area contributed by atoms with Crippen molar-refractivity contribution < 1.29 is 9.53 Å². The van der Waals surface area contributed by atoms with Crippen molar-refractivity contribution in [2.75, 3.05) is 26.7 Å². The largest absolute Gasteiger partial charge is 0.496 e. The summed E-state index contributed by atoms with van der Waals surface area (Å²) < 4.78 is 5.55. The highest BCUT2D eigenvalue weighted by atomic mass is 16.5. The Bertz CT molecular complexity index is 505. The second-order valence-electron chi connectivity index (χ2n) is 6.26. The maximum atomic E-state index is 12.1. The van der Waals surface area contributed by atoms with E-state index in [-0.39, 0.29) is 17.2 Å². The Kier molecular flexibility index (Phi) is 4.15. The average Bonchev–Trinajstić information content (AvgIpc) is 2.93. The smallest absolute Gasteiger partial charge is 0.225 e. The first-order valence-electron chi connectivity index (χ1n) is 7.87. The fourth-order valence-corrected chi connectivity index (χ4v) is 3.55. The van der Waals surface area contributed by atoms with Gasteiger partial charge in [-0.2, -0.15) is 0 Å². The third-order valence-electron chi connectivity index (χ3n) is 4.99. The molecule has 21 heavy (non-hydrogen) atoms. The van der Waals surface area contributed by atoms with Gasteiger partial charge in [0, 0.05) is 30.6 Å². The molecular formula is C17H24N2O2. The first-order chi connectivity index (χ1) is 10.2. The van der Waals surface area contributed by atoms with E-state index >= 15 is 0 Å². The third-order valence-corrected chi connectivity index (χ3v) is 4.99. The summed E-state index contributed by atoms with van der Waals surface area (Å²) in [5.41, 5.74) is 1.29. The van der Waals surface area contributed by atoms with Gasteiger partial charge in [0.15, 0.2) is 0 Å². The van der Waals surface area contributed by atoms with Crippen LogP contribution in [0.5, 0.6) is 5.75 Å². The van der Waals surface area contributed by atoms with Gasteiger partial charge in [-0.05, 0) is 18.9 Å². The van der Waals surface area contributed by atoms with Crippen LogP contribution in [0.25, 0.3) is 0 Å². The summed E-state index contributed by atoms with van der Waals surface area (Å²) in [6, 6.07) is 8.24. The summed E-state index contributed by atoms with van der Waals surface area (Å²) in [7, 11) is 1.72. The first-order valence-corrected chi connectivity index (χ1v) is 7.87. The number of rotatable bonds is 5. The fraction of sp³-hybridized carbons (Fsp3) is 0.588. The van der Waals surface area contributed by atoms with Crippen LogP contribution >= 0.6 is 0 Å². The highest BCUT2D eigenvalue weighted by Gasteiger charge is 2.38. The van der Waals surface area contributed by atoms with Crippen LogP contribution < -0.4 is 15.4 Å². The standard InChI is InChI=1S/C17H24N2O2/c1-21-15-7-3-2-6-14(15)17(8-4-5-9-17)12-19-16(20)13-10-18-11-13/h2-3,6-7,13,18H,4-5,8-12H2,1H3,(H,19,20). The SMILES string of the molecule is COc1ccccc1C1(CNC(=O)C2CNC2)CCCC1. The van der Waals surface area contributed by atoms with Gasteiger partial charge in [0.1, 0.15) is 5.75 Å². The van der Waals surface area contributed by atoms with Crippen LogP contribution in [-0.4, -0.2) is 32.7 Å². The molecule has 1 saturated carbocycles. The van der Waals surface area contributed by atoms with Crippen LogP contribution in [0.4, 0.5) is 0 Å². The summed E-state index contributed by atoms with van der Waals surface area (Å²) in [4.78, 5) is 12.1. The number of carbonyl (C=O) groups excluding carboxylic acids is 1. The van der Waals surface area contributed by atoms with Crippen LogP contribution in [0.2, 0.25) is 0 Å². The van der Waals surface area contributed by atoms with Gasteiger partial charge in [-0.1, -0.05) is 31.0 Å². The molecule has 0 spiro atoms. The van der Waals surface area contributed by atoms with E-state index < -0.39 is 0 Å². The second kappa shape index (κ2) is 6.06. The molecule has 2 N–H and O–H groups in total. The molecule has 0 bridgehead atoms. The van der Waals surface area contributed by atoms with Crippen LogP contribution in [0, 0.1) is 5.92 Å². The molecule has 1 aromatic rings. The maximum absolute atomic E-state index is 12.1. The van der Waals surface area contributed by atoms with E-state index in [0.29, 0.717) is 0 Å². The number of benzene rings is 1. The lowest BCUT2D eigenvalue weighted by atomic mass is 9.78. The van der Waals surface area contributed by atoms with E-state index in [9.17, 15) is 4.79 Å². The lowest BCUT2D eigenvalue weighted by molar-refractivity contribution is -0.126. The molecular weight excluding hydrogens is 264 g/mol. The molecule has 1 aromatic carbocycles. The quantitative estimate of drug-likeness (QED) is 0.869. The van der Waals surface area contributed by atoms with Crippen LogP contribution in [-0.2, 0) is 10.2 Å². The molecule has 1 aliphatic heterocycles. The fourth-order valence-electron chi connectivity index (χ4n) is 3.55. The highest BCUT2D eigenvalue weighted by Crippen LogP contribution is 2.44. The molecule has 1 saturated heterocycles. The molecule has 1 heterocycles. The van der Waals surface area contributed by atoms with Crippen molar-refractivity contribution in [3.8, 4) is 5.75 Å². The summed E-state index contributed by atoms with van der Waals surface area (Å²) >= 11 is 0. The first kappa shape index (κ1) is 14.4. The maximum Gasteiger partial charge on any atom is 0.225 e. The average molecular weight is 288 g/mol. The summed E-state index contributed by atoms with van der Waals surface area (Å²) in [6.45, 7) is 2.35. The minimum atomic E-state index is 0.0411. The second-order valence-corrected chi connectivity index (χ2v) is 6.26. The van der Waals surface area contributed by atoms with Gasteiger partial charge < -0.3 is 15.4 Å². The van der Waals surface area contributed by atoms with E-state index in [1.54, 1.807) is 7.11 Å². The van der Waals surface area contributed by atoms with E-state index in [1.165, 1.54) is 18.4 Å². The number of amides is 1. The molecule has 1 aliphatic carbocycles. The van der Waals surface area contributed by atoms with Crippen molar-refractivity contribution in [1.82, 2.24) is 10.6 Å². The third kappa shape index (κ3) is 2.77. The molecule has 4 heteroatoms. The van der Waals surface area contributed by atoms with Crippen LogP contribution in [0.3, 0.4) is 0 Å². The molecule has 1 amide bonds. The zero-order chi connectivity index (χ0) is 14.7. The number of hydrogen-bond acceptors (Lipinski definition) is 3. The lowest BCUT2D eigenvalue weighted by Gasteiger charge is -2.33. The topological polar surface area (TPSA) is 50.4 Å². The number of methoxy groups -OCH3 is 1. The Balaban J connectivity index is 1.77. The number of nitrogens with one attached hydrogen (secondary N) is 2. The number of carbonyl (C=O) groups is 1. The van der Waals surface area contributed by atoms with Crippen molar-refractivity contribution in [2.45, 2.75) is 31.1 Å². The van der Waals surface area contributed by atoms with E-state index in [2.05, 4.69) is 22.8 Å². The Morgan fingerprint density at radius 2 is 2.05 bits per heavy atom. The zero-order valence-corrected chi connectivity index (χ0v) is 12.7. The van der Waals surface area contributed by atoms with Gasteiger partial charge in [-0.15, -0.1) is 0 Å². The molecule has 2 fully saturated rings. The monoisotopic (exact) mass is 288 g/mol. The van der Waals surface area contributed by atoms with Gasteiger partial charge in [0.25, 0.3) is 0 Å². The Morgan fingerprint density at radius 1 is 1.33 bits per heavy atom. The van der Waals surface area contributed by atoms with Crippen LogP contribution in [0.1, 0.15) is 31.2 Å². The predicted molar refractivity (Wildman–Crippen MR) is 82.5 cm³/mol. The Hall–Kier alpha value is -1.55. The lowest BCUT2D eigenvalue weighted by Crippen LogP contribution is -2.52. The number of para-hydroxylation sites is 1.